The molecular weight excluding hydrogens is 516 g/mol. The molecule has 0 bridgehead atoms. The Balaban J connectivity index is 1.93. The van der Waals surface area contributed by atoms with E-state index in [9.17, 15) is 0 Å². The van der Waals surface area contributed by atoms with Gasteiger partial charge in [-0.25, -0.2) is 0 Å². The van der Waals surface area contributed by atoms with Crippen LogP contribution in [0.4, 0.5) is 0 Å². The number of halogens is 1. The summed E-state index contributed by atoms with van der Waals surface area (Å²) in [6.07, 6.45) is 0. The van der Waals surface area contributed by atoms with Gasteiger partial charge in [-0.3, -0.25) is 0 Å². The van der Waals surface area contributed by atoms with Gasteiger partial charge in [0.1, 0.15) is 17.2 Å². The van der Waals surface area contributed by atoms with Gasteiger partial charge in [0.2, 0.25) is 0 Å². The van der Waals surface area contributed by atoms with Crippen molar-refractivity contribution in [2.24, 2.45) is 17.8 Å². The highest BCUT2D eigenvalue weighted by molar-refractivity contribution is 6.38. The molecule has 0 amide bonds. The molecule has 208 valence electrons. The lowest BCUT2D eigenvalue weighted by Crippen LogP contribution is -2.09. The first-order valence-electron chi connectivity index (χ1n) is 14.3. The summed E-state index contributed by atoms with van der Waals surface area (Å²) >= 11 is 7.43. The predicted octanol–water partition coefficient (Wildman–Crippen LogP) is 10.6. The molecule has 5 aromatic carbocycles. The largest absolute Gasteiger partial charge is 0.492 e. The SMILES string of the molecule is CC(C)COc1c(Cl)c(-c2c3ccccc3c(OCC(C)C)c3ccccc23)c(OCC(C)C)c2ccccc12. The zero-order valence-electron chi connectivity index (χ0n) is 24.4. The highest BCUT2D eigenvalue weighted by Crippen LogP contribution is 2.53. The van der Waals surface area contributed by atoms with Crippen molar-refractivity contribution in [3.05, 3.63) is 77.8 Å². The van der Waals surface area contributed by atoms with Crippen molar-refractivity contribution < 1.29 is 14.2 Å². The van der Waals surface area contributed by atoms with Crippen LogP contribution in [0.25, 0.3) is 43.4 Å². The maximum absolute atomic E-state index is 7.43. The summed E-state index contributed by atoms with van der Waals surface area (Å²) in [6, 6.07) is 25.1. The summed E-state index contributed by atoms with van der Waals surface area (Å²) in [5.74, 6) is 3.51. The Morgan fingerprint density at radius 2 is 0.775 bits per heavy atom. The maximum atomic E-state index is 7.43. The molecule has 0 aliphatic heterocycles. The van der Waals surface area contributed by atoms with E-state index in [1.807, 2.05) is 12.1 Å². The number of benzene rings is 5. The Labute approximate surface area is 243 Å². The van der Waals surface area contributed by atoms with Crippen LogP contribution in [0.2, 0.25) is 5.02 Å². The Bertz CT molecular complexity index is 1590. The van der Waals surface area contributed by atoms with E-state index < -0.39 is 0 Å². The summed E-state index contributed by atoms with van der Waals surface area (Å²) in [5, 5.41) is 6.78. The molecular formula is C36H39ClO3. The van der Waals surface area contributed by atoms with E-state index in [1.165, 1.54) is 0 Å². The van der Waals surface area contributed by atoms with Gasteiger partial charge in [-0.15, -0.1) is 0 Å². The van der Waals surface area contributed by atoms with E-state index in [1.54, 1.807) is 0 Å². The molecule has 0 saturated carbocycles. The van der Waals surface area contributed by atoms with Crippen molar-refractivity contribution in [3.8, 4) is 28.4 Å². The van der Waals surface area contributed by atoms with Gasteiger partial charge in [-0.05, 0) is 28.5 Å². The first-order chi connectivity index (χ1) is 19.3. The van der Waals surface area contributed by atoms with Crippen molar-refractivity contribution in [3.63, 3.8) is 0 Å². The lowest BCUT2D eigenvalue weighted by atomic mass is 9.89. The summed E-state index contributed by atoms with van der Waals surface area (Å²) in [7, 11) is 0. The predicted molar refractivity (Wildman–Crippen MR) is 170 cm³/mol. The van der Waals surface area contributed by atoms with E-state index >= 15 is 0 Å². The minimum Gasteiger partial charge on any atom is -0.492 e. The molecule has 0 atom stereocenters. The zero-order valence-corrected chi connectivity index (χ0v) is 25.1. The third kappa shape index (κ3) is 5.45. The lowest BCUT2D eigenvalue weighted by molar-refractivity contribution is 0.269. The number of rotatable bonds is 10. The third-order valence-electron chi connectivity index (χ3n) is 6.88. The van der Waals surface area contributed by atoms with E-state index in [2.05, 4.69) is 102 Å². The van der Waals surface area contributed by atoms with Crippen LogP contribution < -0.4 is 14.2 Å². The number of ether oxygens (including phenoxy) is 3. The molecule has 0 aliphatic rings. The molecule has 5 aromatic rings. The number of hydrogen-bond acceptors (Lipinski definition) is 3. The topological polar surface area (TPSA) is 27.7 Å². The lowest BCUT2D eigenvalue weighted by Gasteiger charge is -2.24. The molecule has 0 spiro atoms. The second-order valence-corrected chi connectivity index (χ2v) is 12.2. The standard InChI is InChI=1S/C36H39ClO3/c1-22(2)19-38-34-27-15-9-7-13-25(27)31(26-14-8-10-16-28(26)34)32-33(37)36(40-21-24(5)6)30-18-12-11-17-29(30)35(32)39-20-23(3)4/h7-18,22-24H,19-21H2,1-6H3. The van der Waals surface area contributed by atoms with Crippen molar-refractivity contribution in [2.75, 3.05) is 19.8 Å². The Morgan fingerprint density at radius 1 is 0.450 bits per heavy atom. The van der Waals surface area contributed by atoms with Gasteiger partial charge in [0.05, 0.1) is 24.8 Å². The van der Waals surface area contributed by atoms with Crippen LogP contribution in [0, 0.1) is 17.8 Å². The van der Waals surface area contributed by atoms with Crippen LogP contribution in [0.15, 0.2) is 72.8 Å². The van der Waals surface area contributed by atoms with Crippen LogP contribution in [0.5, 0.6) is 17.2 Å². The molecule has 0 aliphatic carbocycles. The van der Waals surface area contributed by atoms with Gasteiger partial charge in [-0.1, -0.05) is 126 Å². The van der Waals surface area contributed by atoms with Crippen molar-refractivity contribution >= 4 is 43.9 Å². The first kappa shape index (κ1) is 28.1. The Kier molecular flexibility index (Phi) is 8.42. The number of fused-ring (bicyclic) bond motifs is 3. The molecule has 40 heavy (non-hydrogen) atoms. The second kappa shape index (κ2) is 12.0. The van der Waals surface area contributed by atoms with Gasteiger partial charge in [-0.2, -0.15) is 0 Å². The second-order valence-electron chi connectivity index (χ2n) is 11.8. The van der Waals surface area contributed by atoms with Crippen LogP contribution in [-0.4, -0.2) is 19.8 Å². The Hall–Kier alpha value is -3.43. The average Bonchev–Trinajstić information content (AvgIpc) is 2.93. The summed E-state index contributed by atoms with van der Waals surface area (Å²) in [5.41, 5.74) is 1.90. The van der Waals surface area contributed by atoms with Crippen molar-refractivity contribution in [1.29, 1.82) is 0 Å². The van der Waals surface area contributed by atoms with Gasteiger partial charge in [0.15, 0.2) is 0 Å². The van der Waals surface area contributed by atoms with Gasteiger partial charge >= 0.3 is 0 Å². The van der Waals surface area contributed by atoms with Gasteiger partial charge in [0, 0.05) is 32.7 Å². The normalized spacial score (nSPS) is 11.8. The molecule has 4 heteroatoms. The van der Waals surface area contributed by atoms with E-state index in [0.717, 1.165) is 54.9 Å². The van der Waals surface area contributed by atoms with E-state index in [0.29, 0.717) is 48.3 Å². The first-order valence-corrected chi connectivity index (χ1v) is 14.7. The summed E-state index contributed by atoms with van der Waals surface area (Å²) in [4.78, 5) is 0. The Morgan fingerprint density at radius 3 is 1.20 bits per heavy atom. The van der Waals surface area contributed by atoms with Gasteiger partial charge < -0.3 is 14.2 Å². The van der Waals surface area contributed by atoms with Crippen molar-refractivity contribution in [1.82, 2.24) is 0 Å². The molecule has 0 fully saturated rings. The molecule has 0 unspecified atom stereocenters. The summed E-state index contributed by atoms with van der Waals surface area (Å²) < 4.78 is 19.6. The number of hydrogen-bond donors (Lipinski definition) is 0. The smallest absolute Gasteiger partial charge is 0.146 e. The quantitative estimate of drug-likeness (QED) is 0.161. The fourth-order valence-corrected chi connectivity index (χ4v) is 5.46. The monoisotopic (exact) mass is 554 g/mol. The fourth-order valence-electron chi connectivity index (χ4n) is 5.12. The van der Waals surface area contributed by atoms with E-state index in [-0.39, 0.29) is 0 Å². The van der Waals surface area contributed by atoms with Crippen LogP contribution in [-0.2, 0) is 0 Å². The third-order valence-corrected chi connectivity index (χ3v) is 7.24. The van der Waals surface area contributed by atoms with Crippen LogP contribution in [0.3, 0.4) is 0 Å². The molecule has 0 radical (unpaired) electrons. The molecule has 0 aromatic heterocycles. The van der Waals surface area contributed by atoms with E-state index in [4.69, 9.17) is 25.8 Å². The molecule has 0 heterocycles. The molecule has 0 N–H and O–H groups in total. The minimum atomic E-state index is 0.350. The molecule has 0 saturated heterocycles. The van der Waals surface area contributed by atoms with Gasteiger partial charge in [0.25, 0.3) is 0 Å². The van der Waals surface area contributed by atoms with Crippen LogP contribution >= 0.6 is 11.6 Å². The zero-order chi connectivity index (χ0) is 28.4. The van der Waals surface area contributed by atoms with Crippen LogP contribution in [0.1, 0.15) is 41.5 Å². The average molecular weight is 555 g/mol. The molecule has 5 rings (SSSR count). The highest BCUT2D eigenvalue weighted by atomic mass is 35.5. The minimum absolute atomic E-state index is 0.350. The summed E-state index contributed by atoms with van der Waals surface area (Å²) in [6.45, 7) is 14.7. The van der Waals surface area contributed by atoms with Crippen molar-refractivity contribution in [2.45, 2.75) is 41.5 Å². The highest BCUT2D eigenvalue weighted by Gasteiger charge is 2.26. The molecule has 3 nitrogen and oxygen atoms in total. The maximum Gasteiger partial charge on any atom is 0.146 e. The fraction of sp³-hybridized carbons (Fsp3) is 0.333.